The third-order valence-corrected chi connectivity index (χ3v) is 7.42. The van der Waals surface area contributed by atoms with Gasteiger partial charge in [0.15, 0.2) is 0 Å². The molecular formula is C27H33FN4O5. The first kappa shape index (κ1) is 25.3. The molecule has 0 bridgehead atoms. The number of halogens is 1. The van der Waals surface area contributed by atoms with E-state index in [4.69, 9.17) is 9.47 Å². The Morgan fingerprint density at radius 2 is 1.76 bits per heavy atom. The number of hydrogen-bond acceptors (Lipinski definition) is 7. The van der Waals surface area contributed by atoms with Gasteiger partial charge in [-0.05, 0) is 36.6 Å². The molecule has 3 aliphatic rings. The summed E-state index contributed by atoms with van der Waals surface area (Å²) in [5.41, 5.74) is 1.92. The fourth-order valence-corrected chi connectivity index (χ4v) is 5.30. The first-order valence-corrected chi connectivity index (χ1v) is 12.8. The molecule has 9 nitrogen and oxygen atoms in total. The zero-order valence-electron chi connectivity index (χ0n) is 20.8. The summed E-state index contributed by atoms with van der Waals surface area (Å²) < 4.78 is 25.5. The first-order chi connectivity index (χ1) is 18.0. The van der Waals surface area contributed by atoms with Crippen molar-refractivity contribution in [2.45, 2.75) is 31.6 Å². The minimum atomic E-state index is -0.588. The van der Waals surface area contributed by atoms with E-state index in [2.05, 4.69) is 4.90 Å². The largest absolute Gasteiger partial charge is 0.445 e. The molecule has 3 heterocycles. The van der Waals surface area contributed by atoms with Crippen LogP contribution in [0.15, 0.2) is 48.5 Å². The molecule has 1 atom stereocenters. The average molecular weight is 513 g/mol. The second kappa shape index (κ2) is 11.4. The predicted molar refractivity (Wildman–Crippen MR) is 136 cm³/mol. The van der Waals surface area contributed by atoms with Gasteiger partial charge in [-0.1, -0.05) is 30.3 Å². The number of likely N-dealkylation sites (tertiary alicyclic amines) is 1. The highest BCUT2D eigenvalue weighted by atomic mass is 19.1. The van der Waals surface area contributed by atoms with Crippen molar-refractivity contribution in [3.8, 4) is 0 Å². The van der Waals surface area contributed by atoms with Crippen molar-refractivity contribution >= 4 is 23.6 Å². The number of carbonyl (C=O) groups excluding carboxylic acids is 2. The fraction of sp³-hybridized carbons (Fsp3) is 0.481. The highest BCUT2D eigenvalue weighted by molar-refractivity contribution is 5.90. The van der Waals surface area contributed by atoms with E-state index in [1.807, 2.05) is 35.2 Å². The van der Waals surface area contributed by atoms with Crippen LogP contribution in [0.1, 0.15) is 18.4 Å². The molecule has 5 rings (SSSR count). The number of carbonyl (C=O) groups is 2. The van der Waals surface area contributed by atoms with Crippen molar-refractivity contribution in [2.75, 3.05) is 62.2 Å². The van der Waals surface area contributed by atoms with E-state index in [-0.39, 0.29) is 31.7 Å². The zero-order valence-corrected chi connectivity index (χ0v) is 20.8. The van der Waals surface area contributed by atoms with Gasteiger partial charge in [0.05, 0.1) is 24.5 Å². The molecule has 198 valence electrons. The standard InChI is InChI=1S/C27H33FN4O5/c28-24-16-22(32-17-23(18-33)37-27(32)35)6-7-25(24)30-14-12-29(13-15-30)21-8-10-31(11-9-21)26(34)36-19-20-4-2-1-3-5-20/h1-7,16,21,23,33H,8-15,17-19H2/t23-/m1/s1. The molecule has 0 unspecified atom stereocenters. The van der Waals surface area contributed by atoms with Crippen LogP contribution in [-0.2, 0) is 16.1 Å². The molecule has 10 heteroatoms. The summed E-state index contributed by atoms with van der Waals surface area (Å²) in [6, 6.07) is 14.9. The van der Waals surface area contributed by atoms with E-state index >= 15 is 4.39 Å². The van der Waals surface area contributed by atoms with Gasteiger partial charge in [-0.2, -0.15) is 0 Å². The lowest BCUT2D eigenvalue weighted by molar-refractivity contribution is 0.0663. The number of nitrogens with zero attached hydrogens (tertiary/aromatic N) is 4. The van der Waals surface area contributed by atoms with E-state index in [0.717, 1.165) is 31.5 Å². The Labute approximate surface area is 215 Å². The fourth-order valence-electron chi connectivity index (χ4n) is 5.30. The molecule has 3 fully saturated rings. The summed E-state index contributed by atoms with van der Waals surface area (Å²) in [7, 11) is 0. The topological polar surface area (TPSA) is 85.8 Å². The Kier molecular flexibility index (Phi) is 7.76. The molecule has 2 amide bonds. The van der Waals surface area contributed by atoms with Crippen LogP contribution in [0.3, 0.4) is 0 Å². The van der Waals surface area contributed by atoms with Gasteiger partial charge in [0.25, 0.3) is 0 Å². The number of cyclic esters (lactones) is 1. The second-order valence-corrected chi connectivity index (χ2v) is 9.72. The van der Waals surface area contributed by atoms with Crippen molar-refractivity contribution in [1.29, 1.82) is 0 Å². The lowest BCUT2D eigenvalue weighted by Gasteiger charge is -2.43. The first-order valence-electron chi connectivity index (χ1n) is 12.8. The van der Waals surface area contributed by atoms with Gasteiger partial charge < -0.3 is 24.4 Å². The smallest absolute Gasteiger partial charge is 0.414 e. The lowest BCUT2D eigenvalue weighted by Crippen LogP contribution is -2.54. The van der Waals surface area contributed by atoms with Crippen molar-refractivity contribution < 1.29 is 28.6 Å². The number of aliphatic hydroxyl groups is 1. The number of rotatable bonds is 6. The number of hydrogen-bond donors (Lipinski definition) is 1. The highest BCUT2D eigenvalue weighted by Gasteiger charge is 2.33. The van der Waals surface area contributed by atoms with Crippen LogP contribution in [0, 0.1) is 5.82 Å². The maximum absolute atomic E-state index is 15.0. The summed E-state index contributed by atoms with van der Waals surface area (Å²) in [6.45, 7) is 4.62. The third kappa shape index (κ3) is 5.80. The molecule has 3 aliphatic heterocycles. The summed E-state index contributed by atoms with van der Waals surface area (Å²) in [6.07, 6.45) is 0.361. The maximum Gasteiger partial charge on any atom is 0.414 e. The van der Waals surface area contributed by atoms with E-state index in [0.29, 0.717) is 43.6 Å². The van der Waals surface area contributed by atoms with Crippen LogP contribution in [0.5, 0.6) is 0 Å². The predicted octanol–water partition coefficient (Wildman–Crippen LogP) is 3.07. The van der Waals surface area contributed by atoms with Crippen LogP contribution in [0.2, 0.25) is 0 Å². The quantitative estimate of drug-likeness (QED) is 0.637. The van der Waals surface area contributed by atoms with E-state index < -0.39 is 12.2 Å². The van der Waals surface area contributed by atoms with Gasteiger partial charge >= 0.3 is 12.2 Å². The molecule has 3 saturated heterocycles. The summed E-state index contributed by atoms with van der Waals surface area (Å²) in [5.74, 6) is -0.381. The summed E-state index contributed by atoms with van der Waals surface area (Å²) >= 11 is 0. The lowest BCUT2D eigenvalue weighted by atomic mass is 10.0. The number of piperidine rings is 1. The van der Waals surface area contributed by atoms with Crippen LogP contribution < -0.4 is 9.80 Å². The van der Waals surface area contributed by atoms with Crippen molar-refractivity contribution in [3.63, 3.8) is 0 Å². The second-order valence-electron chi connectivity index (χ2n) is 9.72. The molecular weight excluding hydrogens is 479 g/mol. The Morgan fingerprint density at radius 1 is 1.03 bits per heavy atom. The summed E-state index contributed by atoms with van der Waals surface area (Å²) in [4.78, 5) is 32.0. The molecule has 0 aliphatic carbocycles. The number of aliphatic hydroxyl groups excluding tert-OH is 1. The average Bonchev–Trinajstić information content (AvgIpc) is 3.33. The van der Waals surface area contributed by atoms with E-state index in [9.17, 15) is 14.7 Å². The molecule has 2 aromatic rings. The number of anilines is 2. The van der Waals surface area contributed by atoms with Crippen LogP contribution in [0.25, 0.3) is 0 Å². The van der Waals surface area contributed by atoms with Gasteiger partial charge in [-0.3, -0.25) is 9.80 Å². The molecule has 0 saturated carbocycles. The van der Waals surface area contributed by atoms with Gasteiger partial charge in [-0.15, -0.1) is 0 Å². The minimum Gasteiger partial charge on any atom is -0.445 e. The SMILES string of the molecule is O=C(OCc1ccccc1)N1CCC(N2CCN(c3ccc(N4C[C@H](CO)OC4=O)cc3F)CC2)CC1. The molecule has 37 heavy (non-hydrogen) atoms. The van der Waals surface area contributed by atoms with Crippen molar-refractivity contribution in [3.05, 3.63) is 59.9 Å². The van der Waals surface area contributed by atoms with Gasteiger partial charge in [0.1, 0.15) is 18.5 Å². The maximum atomic E-state index is 15.0. The van der Waals surface area contributed by atoms with E-state index in [1.165, 1.54) is 11.0 Å². The number of benzene rings is 2. The number of ether oxygens (including phenoxy) is 2. The van der Waals surface area contributed by atoms with Crippen LogP contribution in [-0.4, -0.2) is 91.7 Å². The van der Waals surface area contributed by atoms with Crippen molar-refractivity contribution in [2.24, 2.45) is 0 Å². The molecule has 0 aromatic heterocycles. The molecule has 2 aromatic carbocycles. The Balaban J connectivity index is 1.08. The van der Waals surface area contributed by atoms with Gasteiger partial charge in [-0.25, -0.2) is 14.0 Å². The third-order valence-electron chi connectivity index (χ3n) is 7.42. The Morgan fingerprint density at radius 3 is 2.41 bits per heavy atom. The van der Waals surface area contributed by atoms with Gasteiger partial charge in [0, 0.05) is 45.3 Å². The van der Waals surface area contributed by atoms with Gasteiger partial charge in [0.2, 0.25) is 0 Å². The van der Waals surface area contributed by atoms with Crippen LogP contribution >= 0.6 is 0 Å². The Bertz CT molecular complexity index is 1090. The zero-order chi connectivity index (χ0) is 25.8. The normalized spacial score (nSPS) is 21.3. The molecule has 1 N–H and O–H groups in total. The minimum absolute atomic E-state index is 0.205. The number of amides is 2. The molecule has 0 spiro atoms. The number of piperazine rings is 1. The van der Waals surface area contributed by atoms with Crippen molar-refractivity contribution in [1.82, 2.24) is 9.80 Å². The molecule has 0 radical (unpaired) electrons. The highest BCUT2D eigenvalue weighted by Crippen LogP contribution is 2.29. The van der Waals surface area contributed by atoms with Crippen LogP contribution in [0.4, 0.5) is 25.4 Å². The monoisotopic (exact) mass is 512 g/mol. The summed E-state index contributed by atoms with van der Waals surface area (Å²) in [5, 5.41) is 9.22. The van der Waals surface area contributed by atoms with E-state index in [1.54, 1.807) is 17.0 Å². The Hall–Kier alpha value is -3.37.